The maximum atomic E-state index is 15.3. The van der Waals surface area contributed by atoms with Crippen LogP contribution in [0, 0.1) is 31.3 Å². The molecule has 0 bridgehead atoms. The highest BCUT2D eigenvalue weighted by Crippen LogP contribution is 2.42. The van der Waals surface area contributed by atoms with E-state index in [0.29, 0.717) is 5.56 Å². The number of halogens is 6. The first-order chi connectivity index (χ1) is 13.7. The summed E-state index contributed by atoms with van der Waals surface area (Å²) in [6, 6.07) is 2.65. The molecule has 2 N–H and O–H groups in total. The van der Waals surface area contributed by atoms with Crippen LogP contribution in [0.15, 0.2) is 18.2 Å². The first-order valence-corrected chi connectivity index (χ1v) is 9.27. The molecule has 0 amide bonds. The Hall–Kier alpha value is -2.33. The third-order valence-corrected chi connectivity index (χ3v) is 4.81. The second-order valence-corrected chi connectivity index (χ2v) is 7.76. The lowest BCUT2D eigenvalue weighted by atomic mass is 9.90. The molecule has 2 aromatic rings. The molecule has 3 radical (unpaired) electrons. The molecule has 0 aromatic heterocycles. The van der Waals surface area contributed by atoms with Crippen LogP contribution < -0.4 is 5.73 Å². The van der Waals surface area contributed by atoms with Gasteiger partial charge in [-0.1, -0.05) is 6.07 Å². The largest absolute Gasteiger partial charge is 0.466 e. The van der Waals surface area contributed by atoms with E-state index in [1.54, 1.807) is 6.92 Å². The van der Waals surface area contributed by atoms with Crippen LogP contribution in [0.4, 0.5) is 26.3 Å². The van der Waals surface area contributed by atoms with Crippen molar-refractivity contribution in [1.29, 1.82) is 0 Å². The lowest BCUT2D eigenvalue weighted by molar-refractivity contribution is -0.143. The third-order valence-electron chi connectivity index (χ3n) is 4.38. The number of hydrogen-bond donors (Lipinski definition) is 1. The molecular weight excluding hydrogens is 428 g/mol. The number of hydrogen-bond acceptors (Lipinski definition) is 3. The minimum atomic E-state index is -5.23. The molecule has 0 aliphatic heterocycles. The maximum Gasteiger partial charge on any atom is 0.419 e. The first kappa shape index (κ1) is 23.9. The number of esters is 1. The van der Waals surface area contributed by atoms with E-state index in [4.69, 9.17) is 5.73 Å². The number of alkyl halides is 3. The second kappa shape index (κ2) is 8.42. The molecule has 0 unspecified atom stereocenters. The lowest BCUT2D eigenvalue weighted by Gasteiger charge is -2.28. The number of nitrogens with two attached hydrogens (primary N) is 1. The monoisotopic (exact) mass is 446 g/mol. The summed E-state index contributed by atoms with van der Waals surface area (Å²) in [6.07, 6.45) is -6.11. The van der Waals surface area contributed by atoms with E-state index in [-0.39, 0.29) is 18.2 Å². The van der Waals surface area contributed by atoms with Crippen LogP contribution >= 0.6 is 0 Å². The van der Waals surface area contributed by atoms with Crippen molar-refractivity contribution in [3.63, 3.8) is 0 Å². The van der Waals surface area contributed by atoms with Crippen LogP contribution in [-0.4, -0.2) is 22.8 Å². The quantitative estimate of drug-likeness (QED) is 0.414. The topological polar surface area (TPSA) is 52.3 Å². The van der Waals surface area contributed by atoms with Gasteiger partial charge in [-0.15, -0.1) is 0 Å². The van der Waals surface area contributed by atoms with E-state index in [1.165, 1.54) is 19.9 Å². The van der Waals surface area contributed by atoms with Gasteiger partial charge in [0.05, 0.1) is 28.8 Å². The fraction of sp³-hybridized carbons (Fsp3) is 0.350. The summed E-state index contributed by atoms with van der Waals surface area (Å²) in [5.74, 6) is -5.51. The Labute approximate surface area is 172 Å². The molecule has 2 rings (SSSR count). The van der Waals surface area contributed by atoms with Crippen LogP contribution in [0.25, 0.3) is 11.1 Å². The first-order valence-electron chi connectivity index (χ1n) is 8.77. The molecule has 3 nitrogen and oxygen atoms in total. The van der Waals surface area contributed by atoms with Crippen molar-refractivity contribution >= 4 is 16.2 Å². The summed E-state index contributed by atoms with van der Waals surface area (Å²) in [5.41, 5.74) is 2.01. The van der Waals surface area contributed by atoms with Crippen LogP contribution in [0.2, 0.25) is 0 Å². The van der Waals surface area contributed by atoms with Gasteiger partial charge in [-0.2, -0.15) is 13.2 Å². The van der Waals surface area contributed by atoms with Gasteiger partial charge in [0, 0.05) is 21.9 Å². The van der Waals surface area contributed by atoms with E-state index in [9.17, 15) is 26.7 Å². The van der Waals surface area contributed by atoms with Crippen LogP contribution in [-0.2, 0) is 20.9 Å². The lowest BCUT2D eigenvalue weighted by Crippen LogP contribution is -2.42. The Kier molecular flexibility index (Phi) is 6.72. The number of rotatable bonds is 5. The number of aryl methyl sites for hydroxylation is 2. The molecule has 0 spiro atoms. The minimum Gasteiger partial charge on any atom is -0.466 e. The molecule has 1 atom stereocenters. The Morgan fingerprint density at radius 1 is 1.10 bits per heavy atom. The normalized spacial score (nSPS) is 13.8. The molecule has 0 heterocycles. The van der Waals surface area contributed by atoms with Crippen LogP contribution in [0.1, 0.15) is 35.6 Å². The zero-order chi connectivity index (χ0) is 23.0. The maximum absolute atomic E-state index is 15.3. The van der Waals surface area contributed by atoms with E-state index < -0.39 is 63.4 Å². The number of carbonyl (C=O) groups excluding carboxylic acids is 1. The van der Waals surface area contributed by atoms with Gasteiger partial charge in [0.2, 0.25) is 0 Å². The zero-order valence-electron chi connectivity index (χ0n) is 16.3. The molecular formula is C20H18F6NO2Si. The Balaban J connectivity index is 2.88. The number of carbonyl (C=O) groups is 1. The van der Waals surface area contributed by atoms with E-state index in [2.05, 4.69) is 15.0 Å². The molecule has 0 aliphatic carbocycles. The SMILES string of the molecule is CCOC(=O)C[C@](N)([Si])c1c(F)c(-c2c(C)cc(C)cc2F)cc(C(F)(F)F)c1F. The smallest absolute Gasteiger partial charge is 0.419 e. The molecule has 0 fully saturated rings. The molecule has 0 saturated heterocycles. The molecule has 0 aliphatic rings. The highest BCUT2D eigenvalue weighted by molar-refractivity contribution is 6.17. The average molecular weight is 446 g/mol. The predicted octanol–water partition coefficient (Wildman–Crippen LogP) is 4.64. The average Bonchev–Trinajstić information content (AvgIpc) is 2.54. The summed E-state index contributed by atoms with van der Waals surface area (Å²) in [5, 5.41) is -2.38. The summed E-state index contributed by atoms with van der Waals surface area (Å²) in [4.78, 5) is 11.8. The van der Waals surface area contributed by atoms with Gasteiger partial charge in [0.1, 0.15) is 17.5 Å². The van der Waals surface area contributed by atoms with Crippen LogP contribution in [0.3, 0.4) is 0 Å². The van der Waals surface area contributed by atoms with Gasteiger partial charge in [0.15, 0.2) is 0 Å². The molecule has 0 saturated carbocycles. The van der Waals surface area contributed by atoms with Gasteiger partial charge in [0.25, 0.3) is 0 Å². The predicted molar refractivity (Wildman–Crippen MR) is 99.1 cm³/mol. The fourth-order valence-electron chi connectivity index (χ4n) is 3.20. The van der Waals surface area contributed by atoms with E-state index in [1.807, 2.05) is 0 Å². The summed E-state index contributed by atoms with van der Waals surface area (Å²) < 4.78 is 89.9. The van der Waals surface area contributed by atoms with Crippen molar-refractivity contribution in [2.75, 3.05) is 6.61 Å². The van der Waals surface area contributed by atoms with E-state index in [0.717, 1.165) is 6.07 Å². The van der Waals surface area contributed by atoms with Crippen molar-refractivity contribution in [1.82, 2.24) is 0 Å². The van der Waals surface area contributed by atoms with Crippen molar-refractivity contribution < 1.29 is 35.9 Å². The van der Waals surface area contributed by atoms with E-state index >= 15 is 4.39 Å². The standard InChI is InChI=1S/C20H18F6NO2Si/c1-4-29-14(28)8-19(27,30)16-17(22)11(7-12(18(16)23)20(24,25)26)15-10(3)5-9(2)6-13(15)21/h5-7H,4,8,27H2,1-3H3/t19-/m0/s1. The third kappa shape index (κ3) is 4.70. The second-order valence-electron chi connectivity index (χ2n) is 6.86. The molecule has 161 valence electrons. The van der Waals surface area contributed by atoms with Crippen LogP contribution in [0.5, 0.6) is 0 Å². The zero-order valence-corrected chi connectivity index (χ0v) is 17.3. The summed E-state index contributed by atoms with van der Waals surface area (Å²) in [6.45, 7) is 4.32. The molecule has 10 heteroatoms. The molecule has 30 heavy (non-hydrogen) atoms. The van der Waals surface area contributed by atoms with Crippen molar-refractivity contribution in [3.05, 3.63) is 57.9 Å². The Bertz CT molecular complexity index is 965. The number of ether oxygens (including phenoxy) is 1. The van der Waals surface area contributed by atoms with Gasteiger partial charge < -0.3 is 10.5 Å². The van der Waals surface area contributed by atoms with Crippen molar-refractivity contribution in [3.8, 4) is 11.1 Å². The van der Waals surface area contributed by atoms with Gasteiger partial charge in [-0.05, 0) is 44.0 Å². The fourth-order valence-corrected chi connectivity index (χ4v) is 3.57. The number of benzene rings is 2. The minimum absolute atomic E-state index is 0.0757. The highest BCUT2D eigenvalue weighted by Gasteiger charge is 2.42. The van der Waals surface area contributed by atoms with Gasteiger partial charge >= 0.3 is 12.1 Å². The molecule has 2 aromatic carbocycles. The Morgan fingerprint density at radius 2 is 1.70 bits per heavy atom. The highest BCUT2D eigenvalue weighted by atomic mass is 28.1. The summed E-state index contributed by atoms with van der Waals surface area (Å²) in [7, 11) is 2.82. The van der Waals surface area contributed by atoms with Crippen molar-refractivity contribution in [2.45, 2.75) is 38.5 Å². The van der Waals surface area contributed by atoms with Gasteiger partial charge in [-0.3, -0.25) is 4.79 Å². The van der Waals surface area contributed by atoms with Gasteiger partial charge in [-0.25, -0.2) is 13.2 Å². The van der Waals surface area contributed by atoms with Crippen molar-refractivity contribution in [2.24, 2.45) is 5.73 Å². The summed E-state index contributed by atoms with van der Waals surface area (Å²) >= 11 is 0. The Morgan fingerprint density at radius 3 is 2.20 bits per heavy atom.